The Hall–Kier alpha value is -3.51. The molecule has 2 aliphatic rings. The van der Waals surface area contributed by atoms with Gasteiger partial charge in [0.1, 0.15) is 17.0 Å². The van der Waals surface area contributed by atoms with E-state index in [1.165, 1.54) is 36.0 Å². The van der Waals surface area contributed by atoms with Gasteiger partial charge in [-0.2, -0.15) is 5.10 Å². The summed E-state index contributed by atoms with van der Waals surface area (Å²) in [5, 5.41) is 6.83. The summed E-state index contributed by atoms with van der Waals surface area (Å²) in [4.78, 5) is 34.0. The molecular weight excluding hydrogens is 511 g/mol. The zero-order valence-corrected chi connectivity index (χ0v) is 20.8. The van der Waals surface area contributed by atoms with E-state index >= 15 is 4.39 Å². The molecule has 2 fully saturated rings. The van der Waals surface area contributed by atoms with Crippen LogP contribution in [0.3, 0.4) is 0 Å². The third-order valence-electron chi connectivity index (χ3n) is 7.50. The van der Waals surface area contributed by atoms with Gasteiger partial charge in [0.15, 0.2) is 5.82 Å². The number of imidazole rings is 1. The Morgan fingerprint density at radius 3 is 2.39 bits per heavy atom. The Labute approximate surface area is 214 Å². The van der Waals surface area contributed by atoms with Crippen molar-refractivity contribution in [2.45, 2.75) is 56.4 Å². The zero-order valence-electron chi connectivity index (χ0n) is 20.8. The Morgan fingerprint density at radius 1 is 1.11 bits per heavy atom. The number of likely N-dealkylation sites (tertiary alicyclic amines) is 1. The molecule has 0 unspecified atom stereocenters. The van der Waals surface area contributed by atoms with Crippen LogP contribution >= 0.6 is 0 Å². The number of halogens is 5. The summed E-state index contributed by atoms with van der Waals surface area (Å²) in [6, 6.07) is 3.61. The number of hydrogen-bond acceptors (Lipinski definition) is 4. The van der Waals surface area contributed by atoms with Gasteiger partial charge in [-0.05, 0) is 37.8 Å². The molecule has 0 bridgehead atoms. The average molecular weight is 539 g/mol. The minimum atomic E-state index is -2.94. The first-order chi connectivity index (χ1) is 17.8. The van der Waals surface area contributed by atoms with Gasteiger partial charge in [0.05, 0.1) is 30.6 Å². The van der Waals surface area contributed by atoms with Gasteiger partial charge in [-0.1, -0.05) is 6.07 Å². The number of H-pyrrole nitrogens is 1. The Morgan fingerprint density at radius 2 is 1.79 bits per heavy atom. The van der Waals surface area contributed by atoms with Crippen LogP contribution in [0.5, 0.6) is 0 Å². The molecule has 2 N–H and O–H groups in total. The molecule has 2 atom stereocenters. The molecule has 1 aliphatic heterocycles. The highest BCUT2D eigenvalue weighted by molar-refractivity contribution is 5.92. The van der Waals surface area contributed by atoms with E-state index in [1.807, 2.05) is 0 Å². The summed E-state index contributed by atoms with van der Waals surface area (Å²) in [7, 11) is 1.59. The van der Waals surface area contributed by atoms with Crippen LogP contribution in [0, 0.1) is 11.7 Å². The number of alkyl halides is 4. The topological polar surface area (TPSA) is 95.9 Å². The van der Waals surface area contributed by atoms with E-state index in [-0.39, 0.29) is 59.7 Å². The van der Waals surface area contributed by atoms with Crippen molar-refractivity contribution in [2.24, 2.45) is 13.0 Å². The highest BCUT2D eigenvalue weighted by Crippen LogP contribution is 2.41. The maximum absolute atomic E-state index is 15.6. The molecule has 1 aliphatic carbocycles. The highest BCUT2D eigenvalue weighted by Gasteiger charge is 2.47. The second kappa shape index (κ2) is 9.35. The molecule has 204 valence electrons. The summed E-state index contributed by atoms with van der Waals surface area (Å²) >= 11 is 0. The fourth-order valence-electron chi connectivity index (χ4n) is 5.25. The third kappa shape index (κ3) is 4.85. The summed E-state index contributed by atoms with van der Waals surface area (Å²) in [5.41, 5.74) is 0.456. The molecule has 0 spiro atoms. The van der Waals surface area contributed by atoms with Crippen LogP contribution in [0.1, 0.15) is 66.4 Å². The van der Waals surface area contributed by atoms with Crippen LogP contribution in [0.2, 0.25) is 0 Å². The van der Waals surface area contributed by atoms with Crippen LogP contribution in [-0.2, 0) is 11.8 Å². The second-order valence-corrected chi connectivity index (χ2v) is 10.2. The molecule has 1 saturated carbocycles. The third-order valence-corrected chi connectivity index (χ3v) is 7.50. The second-order valence-electron chi connectivity index (χ2n) is 10.2. The van der Waals surface area contributed by atoms with Crippen molar-refractivity contribution in [3.05, 3.63) is 47.3 Å². The standard InChI is InChI=1S/C25H27F5N6O2/c1-13(23(38)36-11-25(29,30)12-36)15-3-4-16-20(18(15)26)33-21(32-16)19(14-5-8-24(27,28)9-6-14)34-22(37)17-7-10-31-35(17)2/h3-4,7,10,13-14,19H,5-6,8-9,11-12H2,1-2H3,(H,32,33)(H,34,37)/t13-,19-/m0/s1. The number of nitrogens with zero attached hydrogens (tertiary/aromatic N) is 4. The zero-order chi connectivity index (χ0) is 27.4. The van der Waals surface area contributed by atoms with Gasteiger partial charge in [-0.25, -0.2) is 26.9 Å². The number of carbonyl (C=O) groups excluding carboxylic acids is 2. The van der Waals surface area contributed by atoms with Crippen LogP contribution in [-0.4, -0.2) is 61.4 Å². The molecule has 1 aromatic carbocycles. The van der Waals surface area contributed by atoms with E-state index in [4.69, 9.17) is 0 Å². The van der Waals surface area contributed by atoms with Crippen molar-refractivity contribution < 1.29 is 31.5 Å². The molecular formula is C25H27F5N6O2. The normalized spacial score (nSPS) is 20.7. The van der Waals surface area contributed by atoms with E-state index < -0.39 is 54.5 Å². The molecule has 2 aromatic heterocycles. The Balaban J connectivity index is 1.45. The van der Waals surface area contributed by atoms with Crippen molar-refractivity contribution in [1.82, 2.24) is 30.0 Å². The summed E-state index contributed by atoms with van der Waals surface area (Å²) < 4.78 is 71.1. The summed E-state index contributed by atoms with van der Waals surface area (Å²) in [6.45, 7) is 0.0336. The van der Waals surface area contributed by atoms with Crippen molar-refractivity contribution in [2.75, 3.05) is 13.1 Å². The fourth-order valence-corrected chi connectivity index (χ4v) is 5.25. The monoisotopic (exact) mass is 538 g/mol. The molecule has 2 amide bonds. The molecule has 3 heterocycles. The van der Waals surface area contributed by atoms with E-state index in [0.29, 0.717) is 0 Å². The van der Waals surface area contributed by atoms with Crippen molar-refractivity contribution >= 4 is 22.8 Å². The lowest BCUT2D eigenvalue weighted by atomic mass is 9.81. The lowest BCUT2D eigenvalue weighted by Crippen LogP contribution is -2.59. The summed E-state index contributed by atoms with van der Waals surface area (Å²) in [5.74, 6) is -8.82. The first kappa shape index (κ1) is 26.1. The van der Waals surface area contributed by atoms with Crippen molar-refractivity contribution in [1.29, 1.82) is 0 Å². The number of carbonyl (C=O) groups is 2. The molecule has 1 saturated heterocycles. The first-order valence-electron chi connectivity index (χ1n) is 12.4. The number of aromatic nitrogens is 4. The van der Waals surface area contributed by atoms with E-state index in [2.05, 4.69) is 20.4 Å². The van der Waals surface area contributed by atoms with E-state index in [9.17, 15) is 27.2 Å². The van der Waals surface area contributed by atoms with Gasteiger partial charge in [-0.3, -0.25) is 14.3 Å². The van der Waals surface area contributed by atoms with Crippen molar-refractivity contribution in [3.63, 3.8) is 0 Å². The van der Waals surface area contributed by atoms with Gasteiger partial charge >= 0.3 is 0 Å². The van der Waals surface area contributed by atoms with Crippen LogP contribution in [0.15, 0.2) is 24.4 Å². The minimum Gasteiger partial charge on any atom is -0.340 e. The van der Waals surface area contributed by atoms with Gasteiger partial charge in [0.25, 0.3) is 11.8 Å². The van der Waals surface area contributed by atoms with Gasteiger partial charge in [0, 0.05) is 31.6 Å². The average Bonchev–Trinajstić information content (AvgIpc) is 3.47. The minimum absolute atomic E-state index is 0.00328. The van der Waals surface area contributed by atoms with Gasteiger partial charge in [-0.15, -0.1) is 0 Å². The van der Waals surface area contributed by atoms with Crippen LogP contribution in [0.4, 0.5) is 22.0 Å². The number of fused-ring (bicyclic) bond motifs is 1. The predicted molar refractivity (Wildman–Crippen MR) is 126 cm³/mol. The largest absolute Gasteiger partial charge is 0.340 e. The van der Waals surface area contributed by atoms with Crippen LogP contribution < -0.4 is 5.32 Å². The molecule has 38 heavy (non-hydrogen) atoms. The lowest BCUT2D eigenvalue weighted by Gasteiger charge is -2.40. The van der Waals surface area contributed by atoms with Crippen LogP contribution in [0.25, 0.3) is 11.0 Å². The van der Waals surface area contributed by atoms with E-state index in [0.717, 1.165) is 4.90 Å². The number of aromatic amines is 1. The number of benzene rings is 1. The first-order valence-corrected chi connectivity index (χ1v) is 12.4. The number of nitrogens with one attached hydrogen (secondary N) is 2. The highest BCUT2D eigenvalue weighted by atomic mass is 19.3. The van der Waals surface area contributed by atoms with Crippen molar-refractivity contribution in [3.8, 4) is 0 Å². The molecule has 8 nitrogen and oxygen atoms in total. The smallest absolute Gasteiger partial charge is 0.282 e. The predicted octanol–water partition coefficient (Wildman–Crippen LogP) is 4.31. The number of rotatable bonds is 6. The lowest BCUT2D eigenvalue weighted by molar-refractivity contribution is -0.166. The molecule has 3 aromatic rings. The SMILES string of the molecule is C[C@H](C(=O)N1CC(F)(F)C1)c1ccc2[nH]c([C@@H](NC(=O)c3ccnn3C)C3CCC(F)(F)CC3)nc2c1F. The fraction of sp³-hybridized carbons (Fsp3) is 0.520. The Kier molecular flexibility index (Phi) is 6.42. The van der Waals surface area contributed by atoms with Gasteiger partial charge < -0.3 is 15.2 Å². The van der Waals surface area contributed by atoms with E-state index in [1.54, 1.807) is 7.05 Å². The van der Waals surface area contributed by atoms with Gasteiger partial charge in [0.2, 0.25) is 11.8 Å². The molecule has 13 heteroatoms. The molecule has 0 radical (unpaired) electrons. The maximum Gasteiger partial charge on any atom is 0.282 e. The number of aryl methyl sites for hydroxylation is 1. The Bertz CT molecular complexity index is 1370. The number of hydrogen-bond donors (Lipinski definition) is 2. The maximum atomic E-state index is 15.6. The summed E-state index contributed by atoms with van der Waals surface area (Å²) in [6.07, 6.45) is 1.01. The quantitative estimate of drug-likeness (QED) is 0.457. The number of amides is 2. The molecule has 5 rings (SSSR count).